The van der Waals surface area contributed by atoms with Crippen LogP contribution in [-0.4, -0.2) is 59.1 Å². The molecule has 6 aliphatic rings. The molecule has 2 saturated heterocycles. The van der Waals surface area contributed by atoms with Crippen molar-refractivity contribution in [1.82, 2.24) is 0 Å². The maximum absolute atomic E-state index is 13.5. The number of aliphatic hydroxyl groups is 2. The van der Waals surface area contributed by atoms with E-state index in [0.29, 0.717) is 24.8 Å². The number of esters is 2. The summed E-state index contributed by atoms with van der Waals surface area (Å²) in [5.41, 5.74) is -2.55. The number of rotatable bonds is 3. The molecule has 8 heteroatoms. The highest BCUT2D eigenvalue weighted by Gasteiger charge is 2.83. The Kier molecular flexibility index (Phi) is 4.44. The average Bonchev–Trinajstić information content (AvgIpc) is 2.92. The number of Topliss-reactive ketones (excluding diaryl/α,β-unsaturated/α-hetero) is 1. The molecule has 2 heterocycles. The Morgan fingerprint density at radius 1 is 1.28 bits per heavy atom. The second kappa shape index (κ2) is 6.52. The Morgan fingerprint density at radius 3 is 2.66 bits per heavy atom. The molecule has 174 valence electrons. The van der Waals surface area contributed by atoms with E-state index in [1.807, 2.05) is 19.1 Å². The molecule has 0 unspecified atom stereocenters. The lowest BCUT2D eigenvalue weighted by Crippen LogP contribution is -2.82. The summed E-state index contributed by atoms with van der Waals surface area (Å²) >= 11 is 0. The summed E-state index contributed by atoms with van der Waals surface area (Å²) in [6, 6.07) is 0. The van der Waals surface area contributed by atoms with Crippen molar-refractivity contribution in [3.05, 3.63) is 24.3 Å². The van der Waals surface area contributed by atoms with Crippen LogP contribution >= 0.6 is 0 Å². The molecule has 4 aliphatic carbocycles. The van der Waals surface area contributed by atoms with Crippen molar-refractivity contribution in [2.24, 2.45) is 34.0 Å². The van der Waals surface area contributed by atoms with Gasteiger partial charge in [-0.25, -0.2) is 0 Å². The first-order chi connectivity index (χ1) is 14.9. The van der Waals surface area contributed by atoms with Crippen LogP contribution in [-0.2, 0) is 28.6 Å². The number of carbonyl (C=O) groups excluding carboxylic acids is 3. The molecule has 0 radical (unpaired) electrons. The molecule has 6 rings (SSSR count). The monoisotopic (exact) mass is 446 g/mol. The van der Waals surface area contributed by atoms with Crippen LogP contribution in [0.4, 0.5) is 0 Å². The third kappa shape index (κ3) is 2.30. The number of aliphatic hydroxyl groups excluding tert-OH is 1. The quantitative estimate of drug-likeness (QED) is 0.378. The summed E-state index contributed by atoms with van der Waals surface area (Å²) in [5, 5.41) is 23.6. The van der Waals surface area contributed by atoms with Gasteiger partial charge in [0.1, 0.15) is 18.8 Å². The Hall–Kier alpha value is -2.03. The van der Waals surface area contributed by atoms with E-state index in [-0.39, 0.29) is 30.8 Å². The number of hydrogen-bond acceptors (Lipinski definition) is 8. The second-order valence-corrected chi connectivity index (χ2v) is 10.6. The lowest BCUT2D eigenvalue weighted by atomic mass is 9.37. The molecule has 0 aromatic rings. The van der Waals surface area contributed by atoms with Gasteiger partial charge >= 0.3 is 11.9 Å². The van der Waals surface area contributed by atoms with Gasteiger partial charge in [-0.3, -0.25) is 14.4 Å². The highest BCUT2D eigenvalue weighted by molar-refractivity contribution is 6.04. The van der Waals surface area contributed by atoms with Crippen molar-refractivity contribution in [2.45, 2.75) is 58.0 Å². The molecule has 0 aromatic carbocycles. The first kappa shape index (κ1) is 21.8. The Balaban J connectivity index is 1.68. The Labute approximate surface area is 186 Å². The summed E-state index contributed by atoms with van der Waals surface area (Å²) in [7, 11) is 0. The van der Waals surface area contributed by atoms with E-state index in [2.05, 4.69) is 6.58 Å². The lowest BCUT2D eigenvalue weighted by molar-refractivity contribution is -0.435. The fourth-order valence-corrected chi connectivity index (χ4v) is 7.89. The van der Waals surface area contributed by atoms with E-state index in [0.717, 1.165) is 0 Å². The van der Waals surface area contributed by atoms with Crippen LogP contribution in [0.2, 0.25) is 0 Å². The molecule has 0 amide bonds. The van der Waals surface area contributed by atoms with Crippen LogP contribution in [0.1, 0.15) is 40.0 Å². The standard InChI is InChI=1S/C24H30O8/c1-12-15-5-6-16-22-8-7-17(32-14(3)26)21(4,10-30-13(2)25)18(22)20(28)24(29,31-11-22)23(16,9-15)19(12)27/h5-6,15-18,20,28-29H,1,7-11H2,2-4H3/t15-,16+,17+,18-,20+,21-,22-,23+,24+/m1/s1. The highest BCUT2D eigenvalue weighted by atomic mass is 16.6. The van der Waals surface area contributed by atoms with E-state index < -0.39 is 52.1 Å². The zero-order chi connectivity index (χ0) is 23.3. The normalized spacial score (nSPS) is 50.6. The summed E-state index contributed by atoms with van der Waals surface area (Å²) in [6.45, 7) is 8.45. The van der Waals surface area contributed by atoms with Gasteiger partial charge in [0, 0.05) is 42.4 Å². The second-order valence-electron chi connectivity index (χ2n) is 10.6. The van der Waals surface area contributed by atoms with Gasteiger partial charge in [-0.15, -0.1) is 0 Å². The van der Waals surface area contributed by atoms with Crippen molar-refractivity contribution in [2.75, 3.05) is 13.2 Å². The molecular weight excluding hydrogens is 416 g/mol. The average molecular weight is 446 g/mol. The van der Waals surface area contributed by atoms with Gasteiger partial charge in [-0.05, 0) is 24.8 Å². The van der Waals surface area contributed by atoms with Crippen molar-refractivity contribution in [3.63, 3.8) is 0 Å². The molecule has 0 aromatic heterocycles. The third-order valence-electron chi connectivity index (χ3n) is 9.12. The van der Waals surface area contributed by atoms with Crippen LogP contribution in [0.5, 0.6) is 0 Å². The number of ether oxygens (including phenoxy) is 3. The number of hydrogen-bond donors (Lipinski definition) is 2. The van der Waals surface area contributed by atoms with Crippen molar-refractivity contribution < 1.29 is 38.8 Å². The summed E-state index contributed by atoms with van der Waals surface area (Å²) in [4.78, 5) is 37.1. The lowest BCUT2D eigenvalue weighted by Gasteiger charge is -2.73. The van der Waals surface area contributed by atoms with Gasteiger partial charge in [0.15, 0.2) is 5.78 Å². The number of allylic oxidation sites excluding steroid dienone is 3. The van der Waals surface area contributed by atoms with Crippen molar-refractivity contribution >= 4 is 17.7 Å². The van der Waals surface area contributed by atoms with Gasteiger partial charge in [0.05, 0.1) is 12.0 Å². The summed E-state index contributed by atoms with van der Waals surface area (Å²) < 4.78 is 17.0. The summed E-state index contributed by atoms with van der Waals surface area (Å²) in [6.07, 6.45) is 3.25. The van der Waals surface area contributed by atoms with Crippen LogP contribution in [0, 0.1) is 34.0 Å². The van der Waals surface area contributed by atoms with E-state index in [1.165, 1.54) is 13.8 Å². The maximum atomic E-state index is 13.5. The zero-order valence-electron chi connectivity index (χ0n) is 18.6. The highest BCUT2D eigenvalue weighted by Crippen LogP contribution is 2.75. The molecule has 8 nitrogen and oxygen atoms in total. The van der Waals surface area contributed by atoms with Crippen LogP contribution in [0.3, 0.4) is 0 Å². The first-order valence-electron chi connectivity index (χ1n) is 11.2. The fourth-order valence-electron chi connectivity index (χ4n) is 7.89. The minimum absolute atomic E-state index is 0.0907. The predicted octanol–water partition coefficient (Wildman–Crippen LogP) is 1.29. The molecule has 32 heavy (non-hydrogen) atoms. The van der Waals surface area contributed by atoms with Crippen molar-refractivity contribution in [1.29, 1.82) is 0 Å². The van der Waals surface area contributed by atoms with Gasteiger partial charge in [0.25, 0.3) is 0 Å². The largest absolute Gasteiger partial charge is 0.465 e. The SMILES string of the molecule is C=C1C(=O)[C@]23C[C@H]1C=C[C@H]2[C@]12CC[C@H](OC(C)=O)[C@@](C)(COC(C)=O)[C@H]1[C@H](O)[C@]3(O)OC2. The number of fused-ring (bicyclic) bond motifs is 2. The molecular formula is C24H30O8. The zero-order valence-corrected chi connectivity index (χ0v) is 18.6. The van der Waals surface area contributed by atoms with Crippen LogP contribution in [0.15, 0.2) is 24.3 Å². The topological polar surface area (TPSA) is 119 Å². The Morgan fingerprint density at radius 2 is 2.00 bits per heavy atom. The number of carbonyl (C=O) groups is 3. The van der Waals surface area contributed by atoms with E-state index in [9.17, 15) is 24.6 Å². The van der Waals surface area contributed by atoms with Gasteiger partial charge in [-0.1, -0.05) is 25.7 Å². The predicted molar refractivity (Wildman–Crippen MR) is 110 cm³/mol. The maximum Gasteiger partial charge on any atom is 0.302 e. The van der Waals surface area contributed by atoms with Gasteiger partial charge in [0.2, 0.25) is 5.79 Å². The number of ketones is 1. The first-order valence-corrected chi connectivity index (χ1v) is 11.2. The molecule has 4 bridgehead atoms. The molecule has 5 fully saturated rings. The van der Waals surface area contributed by atoms with Crippen molar-refractivity contribution in [3.8, 4) is 0 Å². The Bertz CT molecular complexity index is 956. The molecule has 2 N–H and O–H groups in total. The smallest absolute Gasteiger partial charge is 0.302 e. The van der Waals surface area contributed by atoms with Gasteiger partial charge < -0.3 is 24.4 Å². The minimum Gasteiger partial charge on any atom is -0.465 e. The third-order valence-corrected chi connectivity index (χ3v) is 9.12. The van der Waals surface area contributed by atoms with E-state index >= 15 is 0 Å². The molecule has 2 spiro atoms. The summed E-state index contributed by atoms with van der Waals surface area (Å²) in [5.74, 6) is -4.51. The minimum atomic E-state index is -2.11. The fraction of sp³-hybridized carbons (Fsp3) is 0.708. The van der Waals surface area contributed by atoms with E-state index in [4.69, 9.17) is 14.2 Å². The van der Waals surface area contributed by atoms with Gasteiger partial charge in [-0.2, -0.15) is 0 Å². The van der Waals surface area contributed by atoms with E-state index in [1.54, 1.807) is 0 Å². The van der Waals surface area contributed by atoms with Crippen LogP contribution < -0.4 is 0 Å². The van der Waals surface area contributed by atoms with Crippen LogP contribution in [0.25, 0.3) is 0 Å². The molecule has 2 aliphatic heterocycles. The molecule has 9 atom stereocenters. The molecule has 3 saturated carbocycles.